The van der Waals surface area contributed by atoms with E-state index in [2.05, 4.69) is 26.7 Å². The average Bonchev–Trinajstić information content (AvgIpc) is 3.01. The van der Waals surface area contributed by atoms with Gasteiger partial charge in [-0.3, -0.25) is 9.69 Å². The van der Waals surface area contributed by atoms with Crippen molar-refractivity contribution in [1.29, 1.82) is 0 Å². The monoisotopic (exact) mass is 374 g/mol. The van der Waals surface area contributed by atoms with E-state index in [4.69, 9.17) is 4.74 Å². The summed E-state index contributed by atoms with van der Waals surface area (Å²) in [5, 5.41) is 7.18. The Hall–Kier alpha value is -1.99. The normalized spacial score (nSPS) is 17.9. The average molecular weight is 375 g/mol. The number of carbonyl (C=O) groups is 1. The highest BCUT2D eigenvalue weighted by atomic mass is 32.1. The molecule has 0 saturated carbocycles. The van der Waals surface area contributed by atoms with Crippen LogP contribution in [0.3, 0.4) is 0 Å². The Labute approximate surface area is 158 Å². The zero-order valence-corrected chi connectivity index (χ0v) is 16.4. The van der Waals surface area contributed by atoms with Crippen LogP contribution >= 0.6 is 11.5 Å². The number of likely N-dealkylation sites (tertiary alicyclic amines) is 1. The van der Waals surface area contributed by atoms with E-state index in [9.17, 15) is 4.79 Å². The van der Waals surface area contributed by atoms with Gasteiger partial charge < -0.3 is 10.1 Å². The van der Waals surface area contributed by atoms with Crippen LogP contribution in [-0.2, 0) is 11.3 Å². The number of rotatable bonds is 6. The van der Waals surface area contributed by atoms with Crippen LogP contribution in [0.2, 0.25) is 0 Å². The van der Waals surface area contributed by atoms with Crippen LogP contribution in [-0.4, -0.2) is 46.1 Å². The van der Waals surface area contributed by atoms with Gasteiger partial charge in [0, 0.05) is 19.1 Å². The highest BCUT2D eigenvalue weighted by Crippen LogP contribution is 2.18. The van der Waals surface area contributed by atoms with Gasteiger partial charge in [-0.1, -0.05) is 10.6 Å². The van der Waals surface area contributed by atoms with Gasteiger partial charge >= 0.3 is 0 Å². The summed E-state index contributed by atoms with van der Waals surface area (Å²) >= 11 is 1.46. The van der Waals surface area contributed by atoms with E-state index in [0.717, 1.165) is 43.9 Å². The van der Waals surface area contributed by atoms with E-state index < -0.39 is 0 Å². The molecule has 1 aliphatic rings. The number of nitrogens with zero attached hydrogens (tertiary/aromatic N) is 3. The van der Waals surface area contributed by atoms with Gasteiger partial charge in [0.05, 0.1) is 10.6 Å². The third-order valence-corrected chi connectivity index (χ3v) is 5.64. The largest absolute Gasteiger partial charge is 0.484 e. The summed E-state index contributed by atoms with van der Waals surface area (Å²) in [6.45, 7) is 8.90. The molecule has 0 radical (unpaired) electrons. The topological polar surface area (TPSA) is 67.3 Å². The molecule has 2 heterocycles. The SMILES string of the molecule is Cc1ccc(OCC(=O)NC2CCCN(Cc3snnc3C)C2)cc1C. The highest BCUT2D eigenvalue weighted by Gasteiger charge is 2.22. The first-order valence-corrected chi connectivity index (χ1v) is 9.78. The van der Waals surface area contributed by atoms with Gasteiger partial charge in [-0.15, -0.1) is 5.10 Å². The van der Waals surface area contributed by atoms with Crippen LogP contribution < -0.4 is 10.1 Å². The number of benzene rings is 1. The van der Waals surface area contributed by atoms with Crippen LogP contribution in [0.5, 0.6) is 5.75 Å². The van der Waals surface area contributed by atoms with E-state index in [-0.39, 0.29) is 18.6 Å². The summed E-state index contributed by atoms with van der Waals surface area (Å²) in [4.78, 5) is 15.8. The second kappa shape index (κ2) is 8.60. The summed E-state index contributed by atoms with van der Waals surface area (Å²) in [7, 11) is 0. The number of piperidine rings is 1. The summed E-state index contributed by atoms with van der Waals surface area (Å²) in [5.74, 6) is 0.674. The van der Waals surface area contributed by atoms with Crippen molar-refractivity contribution in [3.63, 3.8) is 0 Å². The molecule has 1 N–H and O–H groups in total. The number of amides is 1. The fourth-order valence-electron chi connectivity index (χ4n) is 3.14. The number of ether oxygens (including phenoxy) is 1. The Bertz CT molecular complexity index is 762. The van der Waals surface area contributed by atoms with E-state index >= 15 is 0 Å². The molecule has 7 heteroatoms. The maximum Gasteiger partial charge on any atom is 0.258 e. The van der Waals surface area contributed by atoms with Crippen molar-refractivity contribution in [2.75, 3.05) is 19.7 Å². The van der Waals surface area contributed by atoms with Crippen molar-refractivity contribution in [2.45, 2.75) is 46.2 Å². The maximum atomic E-state index is 12.2. The van der Waals surface area contributed by atoms with Gasteiger partial charge in [0.1, 0.15) is 5.75 Å². The van der Waals surface area contributed by atoms with Crippen molar-refractivity contribution in [3.05, 3.63) is 39.9 Å². The lowest BCUT2D eigenvalue weighted by Gasteiger charge is -2.32. The third kappa shape index (κ3) is 5.02. The first kappa shape index (κ1) is 18.8. The van der Waals surface area contributed by atoms with Crippen molar-refractivity contribution in [2.24, 2.45) is 0 Å². The fourth-order valence-corrected chi connectivity index (χ4v) is 3.81. The van der Waals surface area contributed by atoms with Crippen molar-refractivity contribution in [3.8, 4) is 5.75 Å². The molecule has 1 unspecified atom stereocenters. The molecule has 1 fully saturated rings. The van der Waals surface area contributed by atoms with Crippen molar-refractivity contribution >= 4 is 17.4 Å². The third-order valence-electron chi connectivity index (χ3n) is 4.83. The molecule has 2 aromatic rings. The molecule has 0 aliphatic carbocycles. The molecule has 1 aromatic carbocycles. The lowest BCUT2D eigenvalue weighted by molar-refractivity contribution is -0.124. The van der Waals surface area contributed by atoms with E-state index in [1.165, 1.54) is 27.5 Å². The quantitative estimate of drug-likeness (QED) is 0.842. The van der Waals surface area contributed by atoms with Gasteiger partial charge in [-0.05, 0) is 74.9 Å². The first-order chi connectivity index (χ1) is 12.5. The molecule has 0 spiro atoms. The molecule has 1 aliphatic heterocycles. The minimum Gasteiger partial charge on any atom is -0.484 e. The van der Waals surface area contributed by atoms with E-state index in [1.807, 2.05) is 32.0 Å². The molecular weight excluding hydrogens is 348 g/mol. The number of carbonyl (C=O) groups excluding carboxylic acids is 1. The zero-order chi connectivity index (χ0) is 18.5. The van der Waals surface area contributed by atoms with Crippen LogP contribution in [0.4, 0.5) is 0 Å². The fraction of sp³-hybridized carbons (Fsp3) is 0.526. The number of hydrogen-bond donors (Lipinski definition) is 1. The maximum absolute atomic E-state index is 12.2. The standard InChI is InChI=1S/C19H26N4O2S/c1-13-6-7-17(9-14(13)2)25-12-19(24)20-16-5-4-8-23(10-16)11-18-15(3)21-22-26-18/h6-7,9,16H,4-5,8,10-12H2,1-3H3,(H,20,24). The Morgan fingerprint density at radius 1 is 1.35 bits per heavy atom. The Morgan fingerprint density at radius 2 is 2.19 bits per heavy atom. The number of nitrogens with one attached hydrogen (secondary N) is 1. The molecule has 26 heavy (non-hydrogen) atoms. The van der Waals surface area contributed by atoms with Gasteiger partial charge in [-0.2, -0.15) is 0 Å². The second-order valence-electron chi connectivity index (χ2n) is 6.96. The number of hydrogen-bond acceptors (Lipinski definition) is 6. The van der Waals surface area contributed by atoms with Crippen molar-refractivity contribution in [1.82, 2.24) is 19.8 Å². The smallest absolute Gasteiger partial charge is 0.258 e. The van der Waals surface area contributed by atoms with Crippen molar-refractivity contribution < 1.29 is 9.53 Å². The van der Waals surface area contributed by atoms with Gasteiger partial charge in [0.15, 0.2) is 6.61 Å². The van der Waals surface area contributed by atoms with E-state index in [1.54, 1.807) is 0 Å². The van der Waals surface area contributed by atoms with Gasteiger partial charge in [-0.25, -0.2) is 0 Å². The molecular formula is C19H26N4O2S. The van der Waals surface area contributed by atoms with Gasteiger partial charge in [0.25, 0.3) is 5.91 Å². The Morgan fingerprint density at radius 3 is 2.92 bits per heavy atom. The van der Waals surface area contributed by atoms with Crippen LogP contribution in [0.15, 0.2) is 18.2 Å². The minimum absolute atomic E-state index is 0.0525. The van der Waals surface area contributed by atoms with E-state index in [0.29, 0.717) is 0 Å². The lowest BCUT2D eigenvalue weighted by Crippen LogP contribution is -2.48. The second-order valence-corrected chi connectivity index (χ2v) is 7.80. The Balaban J connectivity index is 1.46. The molecule has 0 bridgehead atoms. The molecule has 1 amide bonds. The molecule has 6 nitrogen and oxygen atoms in total. The summed E-state index contributed by atoms with van der Waals surface area (Å²) < 4.78 is 9.63. The molecule has 1 atom stereocenters. The predicted molar refractivity (Wildman–Crippen MR) is 102 cm³/mol. The van der Waals surface area contributed by atoms with Gasteiger partial charge in [0.2, 0.25) is 0 Å². The lowest BCUT2D eigenvalue weighted by atomic mass is 10.1. The number of aromatic nitrogens is 2. The first-order valence-electron chi connectivity index (χ1n) is 9.01. The van der Waals surface area contributed by atoms with Crippen LogP contribution in [0.25, 0.3) is 0 Å². The summed E-state index contributed by atoms with van der Waals surface area (Å²) in [5.41, 5.74) is 3.39. The molecule has 1 saturated heterocycles. The van der Waals surface area contributed by atoms with Crippen LogP contribution in [0.1, 0.15) is 34.5 Å². The van der Waals surface area contributed by atoms with Crippen LogP contribution in [0, 0.1) is 20.8 Å². The minimum atomic E-state index is -0.0642. The molecule has 140 valence electrons. The predicted octanol–water partition coefficient (Wildman–Crippen LogP) is 2.62. The Kier molecular flexibility index (Phi) is 6.21. The number of aryl methyl sites for hydroxylation is 3. The zero-order valence-electron chi connectivity index (χ0n) is 15.6. The summed E-state index contributed by atoms with van der Waals surface area (Å²) in [6.07, 6.45) is 2.08. The molecule has 3 rings (SSSR count). The highest BCUT2D eigenvalue weighted by molar-refractivity contribution is 7.05. The summed E-state index contributed by atoms with van der Waals surface area (Å²) in [6, 6.07) is 6.05. The molecule has 1 aromatic heterocycles.